The molecule has 0 bridgehead atoms. The molecule has 7 heteroatoms. The maximum Gasteiger partial charge on any atom is 0.290 e. The third-order valence-electron chi connectivity index (χ3n) is 5.88. The molecule has 1 unspecified atom stereocenters. The number of carbonyl (C=O) groups excluding carboxylic acids is 1. The van der Waals surface area contributed by atoms with Gasteiger partial charge in [-0.1, -0.05) is 41.9 Å². The summed E-state index contributed by atoms with van der Waals surface area (Å²) in [5.41, 5.74) is 1.16. The Kier molecular flexibility index (Phi) is 6.25. The van der Waals surface area contributed by atoms with E-state index in [1.165, 1.54) is 12.1 Å². The van der Waals surface area contributed by atoms with Crippen LogP contribution in [0.2, 0.25) is 0 Å². The fourth-order valence-electron chi connectivity index (χ4n) is 4.22. The Hall–Kier alpha value is -2.51. The lowest BCUT2D eigenvalue weighted by Gasteiger charge is -2.26. The topological polar surface area (TPSA) is 53.8 Å². The molecule has 4 rings (SSSR count). The molecule has 2 aromatic carbocycles. The minimum absolute atomic E-state index is 0.0805. The second-order valence-corrected chi connectivity index (χ2v) is 8.56. The molecule has 162 valence electrons. The second-order valence-electron chi connectivity index (χ2n) is 7.65. The summed E-state index contributed by atoms with van der Waals surface area (Å²) in [5, 5.41) is 0.415. The van der Waals surface area contributed by atoms with Gasteiger partial charge in [-0.2, -0.15) is 0 Å². The molecule has 0 saturated carbocycles. The van der Waals surface area contributed by atoms with Crippen molar-refractivity contribution in [3.05, 3.63) is 79.9 Å². The van der Waals surface area contributed by atoms with Gasteiger partial charge in [0.05, 0.1) is 17.0 Å². The molecule has 1 aliphatic heterocycles. The fourth-order valence-corrected chi connectivity index (χ4v) is 4.58. The predicted octanol–water partition coefficient (Wildman–Crippen LogP) is 4.97. The molecular weight excluding hydrogens is 463 g/mol. The van der Waals surface area contributed by atoms with Crippen LogP contribution >= 0.6 is 15.9 Å². The summed E-state index contributed by atoms with van der Waals surface area (Å²) in [5.74, 6) is -0.585. The standard InChI is InChI=1S/C24H24BrFN2O3/c1-3-27(4-2)12-5-13-28-21(15-6-9-17(26)10-7-15)20-22(29)18-14-16(25)8-11-19(18)31-23(20)24(28)30/h6-11,14,21H,3-5,12-13H2,1-2H3. The second kappa shape index (κ2) is 8.93. The molecular formula is C24H24BrFN2O3. The number of carbonyl (C=O) groups is 1. The van der Waals surface area contributed by atoms with Crippen molar-refractivity contribution in [2.24, 2.45) is 0 Å². The van der Waals surface area contributed by atoms with Gasteiger partial charge in [-0.3, -0.25) is 9.59 Å². The van der Waals surface area contributed by atoms with Crippen LogP contribution in [0.3, 0.4) is 0 Å². The molecule has 2 heterocycles. The zero-order valence-electron chi connectivity index (χ0n) is 17.5. The number of hydrogen-bond donors (Lipinski definition) is 0. The molecule has 1 atom stereocenters. The quantitative estimate of drug-likeness (QED) is 0.472. The van der Waals surface area contributed by atoms with E-state index in [-0.39, 0.29) is 22.9 Å². The third-order valence-corrected chi connectivity index (χ3v) is 6.37. The summed E-state index contributed by atoms with van der Waals surface area (Å²) in [4.78, 5) is 30.7. The van der Waals surface area contributed by atoms with Crippen molar-refractivity contribution in [3.8, 4) is 0 Å². The van der Waals surface area contributed by atoms with E-state index in [4.69, 9.17) is 4.42 Å². The maximum absolute atomic E-state index is 13.6. The van der Waals surface area contributed by atoms with Gasteiger partial charge in [0.25, 0.3) is 5.91 Å². The van der Waals surface area contributed by atoms with Gasteiger partial charge in [0, 0.05) is 11.0 Å². The van der Waals surface area contributed by atoms with E-state index in [0.29, 0.717) is 28.6 Å². The van der Waals surface area contributed by atoms with Crippen molar-refractivity contribution in [2.45, 2.75) is 26.3 Å². The molecule has 3 aromatic rings. The van der Waals surface area contributed by atoms with Gasteiger partial charge < -0.3 is 14.2 Å². The molecule has 1 aliphatic rings. The van der Waals surface area contributed by atoms with Crippen molar-refractivity contribution in [2.75, 3.05) is 26.2 Å². The zero-order chi connectivity index (χ0) is 22.1. The van der Waals surface area contributed by atoms with E-state index >= 15 is 0 Å². The van der Waals surface area contributed by atoms with Gasteiger partial charge >= 0.3 is 0 Å². The minimum Gasteiger partial charge on any atom is -0.450 e. The van der Waals surface area contributed by atoms with E-state index in [2.05, 4.69) is 34.7 Å². The number of amides is 1. The highest BCUT2D eigenvalue weighted by Gasteiger charge is 2.42. The lowest BCUT2D eigenvalue weighted by Crippen LogP contribution is -2.33. The number of hydrogen-bond acceptors (Lipinski definition) is 4. The number of halogens is 2. The van der Waals surface area contributed by atoms with E-state index in [9.17, 15) is 14.0 Å². The number of nitrogens with zero attached hydrogens (tertiary/aromatic N) is 2. The first-order valence-electron chi connectivity index (χ1n) is 10.5. The average molecular weight is 487 g/mol. The Morgan fingerprint density at radius 2 is 1.81 bits per heavy atom. The zero-order valence-corrected chi connectivity index (χ0v) is 19.1. The van der Waals surface area contributed by atoms with E-state index < -0.39 is 6.04 Å². The summed E-state index contributed by atoms with van der Waals surface area (Å²) in [6.45, 7) is 7.40. The van der Waals surface area contributed by atoms with Crippen LogP contribution in [0.4, 0.5) is 4.39 Å². The molecule has 0 spiro atoms. The summed E-state index contributed by atoms with van der Waals surface area (Å²) < 4.78 is 20.3. The molecule has 0 saturated heterocycles. The molecule has 0 fully saturated rings. The molecule has 31 heavy (non-hydrogen) atoms. The Morgan fingerprint density at radius 3 is 2.48 bits per heavy atom. The SMILES string of the molecule is CCN(CC)CCCN1C(=O)c2oc3ccc(Br)cc3c(=O)c2C1c1ccc(F)cc1. The first-order valence-corrected chi connectivity index (χ1v) is 11.3. The first-order chi connectivity index (χ1) is 14.9. The minimum atomic E-state index is -0.598. The predicted molar refractivity (Wildman–Crippen MR) is 122 cm³/mol. The van der Waals surface area contributed by atoms with Crippen LogP contribution in [0.5, 0.6) is 0 Å². The normalized spacial score (nSPS) is 15.8. The molecule has 1 amide bonds. The van der Waals surface area contributed by atoms with Gasteiger partial charge in [0.1, 0.15) is 11.4 Å². The Bertz CT molecular complexity index is 1170. The lowest BCUT2D eigenvalue weighted by molar-refractivity contribution is 0.0720. The van der Waals surface area contributed by atoms with Crippen LogP contribution in [0.15, 0.2) is 56.1 Å². The van der Waals surface area contributed by atoms with Crippen molar-refractivity contribution in [1.82, 2.24) is 9.80 Å². The summed E-state index contributed by atoms with van der Waals surface area (Å²) in [6.07, 6.45) is 0.762. The largest absolute Gasteiger partial charge is 0.450 e. The lowest BCUT2D eigenvalue weighted by atomic mass is 9.98. The first kappa shape index (κ1) is 21.7. The van der Waals surface area contributed by atoms with Crippen molar-refractivity contribution in [1.29, 1.82) is 0 Å². The highest BCUT2D eigenvalue weighted by Crippen LogP contribution is 2.38. The van der Waals surface area contributed by atoms with E-state index in [1.54, 1.807) is 35.2 Å². The van der Waals surface area contributed by atoms with Gasteiger partial charge in [0.2, 0.25) is 5.76 Å². The van der Waals surface area contributed by atoms with Crippen molar-refractivity contribution >= 4 is 32.8 Å². The van der Waals surface area contributed by atoms with Crippen molar-refractivity contribution < 1.29 is 13.6 Å². The smallest absolute Gasteiger partial charge is 0.290 e. The molecule has 0 aliphatic carbocycles. The Balaban J connectivity index is 1.80. The van der Waals surface area contributed by atoms with Crippen LogP contribution in [0, 0.1) is 5.82 Å². The highest BCUT2D eigenvalue weighted by atomic mass is 79.9. The highest BCUT2D eigenvalue weighted by molar-refractivity contribution is 9.10. The molecule has 0 N–H and O–H groups in total. The average Bonchev–Trinajstić information content (AvgIpc) is 3.04. The summed E-state index contributed by atoms with van der Waals surface area (Å²) >= 11 is 3.40. The fraction of sp³-hybridized carbons (Fsp3) is 0.333. The van der Waals surface area contributed by atoms with Crippen LogP contribution in [0.1, 0.15) is 48.0 Å². The van der Waals surface area contributed by atoms with E-state index in [1.807, 2.05) is 0 Å². The van der Waals surface area contributed by atoms with Crippen LogP contribution in [-0.2, 0) is 0 Å². The Labute approximate surface area is 188 Å². The van der Waals surface area contributed by atoms with Crippen LogP contribution in [-0.4, -0.2) is 41.9 Å². The number of benzene rings is 2. The van der Waals surface area contributed by atoms with Gasteiger partial charge in [0.15, 0.2) is 5.43 Å². The molecule has 5 nitrogen and oxygen atoms in total. The summed E-state index contributed by atoms with van der Waals surface area (Å²) in [6, 6.07) is 10.5. The number of rotatable bonds is 7. The van der Waals surface area contributed by atoms with Crippen molar-refractivity contribution in [3.63, 3.8) is 0 Å². The van der Waals surface area contributed by atoms with Gasteiger partial charge in [-0.25, -0.2) is 4.39 Å². The van der Waals surface area contributed by atoms with Crippen LogP contribution in [0.25, 0.3) is 11.0 Å². The third kappa shape index (κ3) is 4.04. The monoisotopic (exact) mass is 486 g/mol. The molecule has 0 radical (unpaired) electrons. The van der Waals surface area contributed by atoms with Gasteiger partial charge in [-0.15, -0.1) is 0 Å². The van der Waals surface area contributed by atoms with Crippen LogP contribution < -0.4 is 5.43 Å². The summed E-state index contributed by atoms with van der Waals surface area (Å²) in [7, 11) is 0. The maximum atomic E-state index is 13.6. The Morgan fingerprint density at radius 1 is 1.10 bits per heavy atom. The van der Waals surface area contributed by atoms with E-state index in [0.717, 1.165) is 30.5 Å². The number of fused-ring (bicyclic) bond motifs is 2. The van der Waals surface area contributed by atoms with Gasteiger partial charge in [-0.05, 0) is 62.0 Å². The molecule has 1 aromatic heterocycles.